The Morgan fingerprint density at radius 2 is 1.87 bits per heavy atom. The molecule has 1 N–H and O–H groups in total. The van der Waals surface area contributed by atoms with Crippen LogP contribution in [-0.4, -0.2) is 32.5 Å². The molecule has 0 aromatic heterocycles. The molecule has 128 valence electrons. The van der Waals surface area contributed by atoms with Crippen LogP contribution in [0.3, 0.4) is 0 Å². The molecule has 1 amide bonds. The van der Waals surface area contributed by atoms with E-state index in [0.29, 0.717) is 29.8 Å². The van der Waals surface area contributed by atoms with Gasteiger partial charge in [-0.05, 0) is 50.5 Å². The third-order valence-corrected chi connectivity index (χ3v) is 2.89. The smallest absolute Gasteiger partial charge is 0.407 e. The topological polar surface area (TPSA) is 56.8 Å². The first-order chi connectivity index (χ1) is 10.8. The van der Waals surface area contributed by atoms with E-state index in [1.54, 1.807) is 40.0 Å². The lowest BCUT2D eigenvalue weighted by Crippen LogP contribution is -2.33. The molecule has 23 heavy (non-hydrogen) atoms. The van der Waals surface area contributed by atoms with Gasteiger partial charge in [0.25, 0.3) is 0 Å². The molecule has 0 atom stereocenters. The second kappa shape index (κ2) is 8.41. The van der Waals surface area contributed by atoms with Crippen molar-refractivity contribution < 1.29 is 23.4 Å². The van der Waals surface area contributed by atoms with Crippen LogP contribution in [0.4, 0.5) is 9.18 Å². The summed E-state index contributed by atoms with van der Waals surface area (Å²) in [5.41, 5.74) is 0.674. The first-order valence-corrected chi connectivity index (χ1v) is 7.25. The maximum Gasteiger partial charge on any atom is 0.407 e. The highest BCUT2D eigenvalue weighted by Crippen LogP contribution is 2.28. The van der Waals surface area contributed by atoms with E-state index in [1.807, 2.05) is 6.07 Å². The van der Waals surface area contributed by atoms with Crippen molar-refractivity contribution in [3.05, 3.63) is 35.7 Å². The zero-order chi connectivity index (χ0) is 17.5. The fourth-order valence-electron chi connectivity index (χ4n) is 1.89. The zero-order valence-electron chi connectivity index (χ0n) is 14.2. The minimum Gasteiger partial charge on any atom is -0.493 e. The molecule has 0 aliphatic carbocycles. The Morgan fingerprint density at radius 3 is 2.39 bits per heavy atom. The van der Waals surface area contributed by atoms with Crippen LogP contribution in [0.1, 0.15) is 26.3 Å². The third-order valence-electron chi connectivity index (χ3n) is 2.89. The Labute approximate surface area is 136 Å². The van der Waals surface area contributed by atoms with Crippen molar-refractivity contribution in [1.29, 1.82) is 0 Å². The molecule has 1 aromatic rings. The molecule has 0 unspecified atom stereocenters. The van der Waals surface area contributed by atoms with E-state index in [2.05, 4.69) is 5.32 Å². The van der Waals surface area contributed by atoms with Crippen molar-refractivity contribution in [2.45, 2.75) is 32.8 Å². The van der Waals surface area contributed by atoms with Crippen LogP contribution in [0.25, 0.3) is 0 Å². The molecule has 0 spiro atoms. The third kappa shape index (κ3) is 6.59. The molecule has 0 radical (unpaired) electrons. The molecule has 0 heterocycles. The first kappa shape index (κ1) is 18.8. The van der Waals surface area contributed by atoms with Crippen LogP contribution < -0.4 is 14.8 Å². The number of halogens is 1. The maximum absolute atomic E-state index is 13.0. The van der Waals surface area contributed by atoms with Gasteiger partial charge in [0.15, 0.2) is 11.5 Å². The Balaban J connectivity index is 2.65. The van der Waals surface area contributed by atoms with Crippen LogP contribution in [-0.2, 0) is 11.2 Å². The number of benzene rings is 1. The van der Waals surface area contributed by atoms with Gasteiger partial charge in [-0.3, -0.25) is 0 Å². The van der Waals surface area contributed by atoms with Gasteiger partial charge in [0, 0.05) is 6.54 Å². The van der Waals surface area contributed by atoms with Crippen LogP contribution in [0.5, 0.6) is 11.5 Å². The van der Waals surface area contributed by atoms with Gasteiger partial charge >= 0.3 is 6.09 Å². The van der Waals surface area contributed by atoms with Crippen LogP contribution >= 0.6 is 0 Å². The van der Waals surface area contributed by atoms with Gasteiger partial charge < -0.3 is 19.5 Å². The molecule has 0 aliphatic rings. The number of rotatable bonds is 6. The molecule has 5 nitrogen and oxygen atoms in total. The number of hydrogen-bond acceptors (Lipinski definition) is 4. The number of carbonyl (C=O) groups excluding carboxylic acids is 1. The summed E-state index contributed by atoms with van der Waals surface area (Å²) < 4.78 is 28.5. The number of alkyl carbamates (subject to hydrolysis) is 1. The van der Waals surface area contributed by atoms with Crippen LogP contribution in [0.15, 0.2) is 30.1 Å². The molecule has 0 saturated carbocycles. The minimum atomic E-state index is -0.590. The summed E-state index contributed by atoms with van der Waals surface area (Å²) in [5.74, 6) is 1.18. The summed E-state index contributed by atoms with van der Waals surface area (Å²) in [7, 11) is 3.09. The van der Waals surface area contributed by atoms with E-state index in [1.165, 1.54) is 7.11 Å². The molecule has 6 heteroatoms. The van der Waals surface area contributed by atoms with Crippen LogP contribution in [0, 0.1) is 0 Å². The van der Waals surface area contributed by atoms with Gasteiger partial charge in [-0.1, -0.05) is 6.07 Å². The van der Waals surface area contributed by atoms with Crippen molar-refractivity contribution in [3.8, 4) is 11.5 Å². The van der Waals surface area contributed by atoms with Gasteiger partial charge in [-0.2, -0.15) is 0 Å². The standard InChI is InChI=1S/C17H24FNO4/c1-17(2,3)23-16(20)19-11-13(10-18)8-12-6-7-14(21-4)15(9-12)22-5/h6-7,9-10H,8,11H2,1-5H3,(H,19,20)/b13-10-. The van der Waals surface area contributed by atoms with E-state index >= 15 is 0 Å². The predicted molar refractivity (Wildman–Crippen MR) is 86.7 cm³/mol. The van der Waals surface area contributed by atoms with Crippen molar-refractivity contribution in [1.82, 2.24) is 5.32 Å². The molecule has 0 bridgehead atoms. The number of hydrogen-bond donors (Lipinski definition) is 1. The van der Waals surface area contributed by atoms with E-state index in [4.69, 9.17) is 14.2 Å². The number of carbonyl (C=O) groups is 1. The van der Waals surface area contributed by atoms with Gasteiger partial charge in [0.05, 0.1) is 20.5 Å². The van der Waals surface area contributed by atoms with Gasteiger partial charge in [-0.25, -0.2) is 9.18 Å². The average Bonchev–Trinajstić information content (AvgIpc) is 2.49. The molecule has 0 fully saturated rings. The predicted octanol–water partition coefficient (Wildman–Crippen LogP) is 3.62. The number of amides is 1. The summed E-state index contributed by atoms with van der Waals surface area (Å²) in [6.07, 6.45) is 0.255. The number of ether oxygens (including phenoxy) is 3. The largest absolute Gasteiger partial charge is 0.493 e. The van der Waals surface area contributed by atoms with E-state index in [-0.39, 0.29) is 6.54 Å². The zero-order valence-corrected chi connectivity index (χ0v) is 14.2. The van der Waals surface area contributed by atoms with Crippen LogP contribution in [0.2, 0.25) is 0 Å². The Bertz CT molecular complexity index is 564. The fraction of sp³-hybridized carbons (Fsp3) is 0.471. The summed E-state index contributed by atoms with van der Waals surface area (Å²) in [5, 5.41) is 2.54. The number of nitrogens with one attached hydrogen (secondary N) is 1. The van der Waals surface area contributed by atoms with Gasteiger partial charge in [-0.15, -0.1) is 0 Å². The second-order valence-electron chi connectivity index (χ2n) is 5.99. The molecule has 0 aliphatic heterocycles. The lowest BCUT2D eigenvalue weighted by Gasteiger charge is -2.20. The van der Waals surface area contributed by atoms with Crippen molar-refractivity contribution in [3.63, 3.8) is 0 Å². The second-order valence-corrected chi connectivity index (χ2v) is 5.99. The quantitative estimate of drug-likeness (QED) is 0.868. The average molecular weight is 325 g/mol. The monoisotopic (exact) mass is 325 g/mol. The van der Waals surface area contributed by atoms with Gasteiger partial charge in [0.1, 0.15) is 5.60 Å². The van der Waals surface area contributed by atoms with E-state index in [9.17, 15) is 9.18 Å². The molecular weight excluding hydrogens is 301 g/mol. The lowest BCUT2D eigenvalue weighted by atomic mass is 10.1. The highest BCUT2D eigenvalue weighted by Gasteiger charge is 2.16. The Hall–Kier alpha value is -2.24. The normalized spacial score (nSPS) is 11.8. The van der Waals surface area contributed by atoms with Crippen molar-refractivity contribution >= 4 is 6.09 Å². The Morgan fingerprint density at radius 1 is 1.22 bits per heavy atom. The first-order valence-electron chi connectivity index (χ1n) is 7.25. The Kier molecular flexibility index (Phi) is 6.88. The molecular formula is C17H24FNO4. The highest BCUT2D eigenvalue weighted by atomic mass is 19.1. The summed E-state index contributed by atoms with van der Waals surface area (Å²) in [6.45, 7) is 5.37. The summed E-state index contributed by atoms with van der Waals surface area (Å²) >= 11 is 0. The molecule has 1 aromatic carbocycles. The summed E-state index contributed by atoms with van der Waals surface area (Å²) in [4.78, 5) is 11.6. The summed E-state index contributed by atoms with van der Waals surface area (Å²) in [6, 6.07) is 5.35. The fourth-order valence-corrected chi connectivity index (χ4v) is 1.89. The highest BCUT2D eigenvalue weighted by molar-refractivity contribution is 5.68. The van der Waals surface area contributed by atoms with Gasteiger partial charge in [0.2, 0.25) is 0 Å². The minimum absolute atomic E-state index is 0.0692. The van der Waals surface area contributed by atoms with Crippen molar-refractivity contribution in [2.75, 3.05) is 20.8 Å². The molecule has 1 rings (SSSR count). The van der Waals surface area contributed by atoms with E-state index < -0.39 is 11.7 Å². The maximum atomic E-state index is 13.0. The van der Waals surface area contributed by atoms with Crippen molar-refractivity contribution in [2.24, 2.45) is 0 Å². The number of methoxy groups -OCH3 is 2. The lowest BCUT2D eigenvalue weighted by molar-refractivity contribution is 0.0532. The SMILES string of the molecule is COc1ccc(C/C(=C/F)CNC(=O)OC(C)(C)C)cc1OC. The molecule has 0 saturated heterocycles. The van der Waals surface area contributed by atoms with E-state index in [0.717, 1.165) is 5.56 Å².